The lowest BCUT2D eigenvalue weighted by Gasteiger charge is -2.20. The Morgan fingerprint density at radius 3 is 2.42 bits per heavy atom. The average Bonchev–Trinajstić information content (AvgIpc) is 2.61. The predicted octanol–water partition coefficient (Wildman–Crippen LogP) is 2.45. The second-order valence-electron chi connectivity index (χ2n) is 4.05. The van der Waals surface area contributed by atoms with E-state index in [2.05, 4.69) is 0 Å². The van der Waals surface area contributed by atoms with Gasteiger partial charge in [0.1, 0.15) is 10.5 Å². The van der Waals surface area contributed by atoms with E-state index in [1.807, 2.05) is 0 Å². The number of thioether (sulfide) groups is 1. The van der Waals surface area contributed by atoms with E-state index in [1.54, 1.807) is 38.3 Å². The van der Waals surface area contributed by atoms with Crippen molar-refractivity contribution < 1.29 is 19.4 Å². The Hall–Kier alpha value is -1.60. The summed E-state index contributed by atoms with van der Waals surface area (Å²) >= 11 is 6.02. The molecule has 0 spiro atoms. The van der Waals surface area contributed by atoms with Gasteiger partial charge >= 0.3 is 6.09 Å². The molecule has 7 heteroatoms. The Morgan fingerprint density at radius 2 is 2.00 bits per heavy atom. The summed E-state index contributed by atoms with van der Waals surface area (Å²) in [6.45, 7) is 1.66. The molecule has 2 rings (SSSR count). The van der Waals surface area contributed by atoms with Crippen LogP contribution in [0, 0.1) is 0 Å². The zero-order valence-electron chi connectivity index (χ0n) is 10.2. The van der Waals surface area contributed by atoms with Gasteiger partial charge in [-0.1, -0.05) is 36.1 Å². The number of nitrogens with zero attached hydrogens (tertiary/aromatic N) is 1. The lowest BCUT2D eigenvalue weighted by molar-refractivity contribution is -0.127. The maximum absolute atomic E-state index is 12.2. The normalized spacial score (nSPS) is 22.7. The van der Waals surface area contributed by atoms with Crippen LogP contribution >= 0.6 is 24.0 Å². The van der Waals surface area contributed by atoms with Crippen molar-refractivity contribution in [1.29, 1.82) is 0 Å². The van der Waals surface area contributed by atoms with Gasteiger partial charge in [-0.3, -0.25) is 4.79 Å². The van der Waals surface area contributed by atoms with E-state index in [1.165, 1.54) is 0 Å². The van der Waals surface area contributed by atoms with Gasteiger partial charge in [0.15, 0.2) is 4.32 Å². The Kier molecular flexibility index (Phi) is 3.51. The predicted molar refractivity (Wildman–Crippen MR) is 75.4 cm³/mol. The number of hydrogen-bond donors (Lipinski definition) is 1. The molecular formula is C12H11NO4S2. The van der Waals surface area contributed by atoms with E-state index in [0.29, 0.717) is 16.2 Å². The Labute approximate surface area is 119 Å². The largest absolute Gasteiger partial charge is 0.497 e. The van der Waals surface area contributed by atoms with Crippen LogP contribution in [0.15, 0.2) is 24.3 Å². The van der Waals surface area contributed by atoms with E-state index in [4.69, 9.17) is 22.1 Å². The van der Waals surface area contributed by atoms with Crippen molar-refractivity contribution in [2.24, 2.45) is 0 Å². The van der Waals surface area contributed by atoms with Gasteiger partial charge in [0, 0.05) is 0 Å². The summed E-state index contributed by atoms with van der Waals surface area (Å²) in [5.74, 6) is 0.126. The fraction of sp³-hybridized carbons (Fsp3) is 0.250. The van der Waals surface area contributed by atoms with Crippen molar-refractivity contribution in [3.8, 4) is 5.75 Å². The molecular weight excluding hydrogens is 286 g/mol. The molecule has 0 bridgehead atoms. The summed E-state index contributed by atoms with van der Waals surface area (Å²) in [7, 11) is 1.55. The van der Waals surface area contributed by atoms with Crippen molar-refractivity contribution in [3.63, 3.8) is 0 Å². The number of imide groups is 1. The van der Waals surface area contributed by atoms with Crippen LogP contribution in [0.3, 0.4) is 0 Å². The standard InChI is InChI=1S/C12H11NO4S2/c1-12(7-3-5-8(17-2)6-4-7)9(14)13(10(15)16)11(18)19-12/h3-6H,1-2H3,(H,15,16). The summed E-state index contributed by atoms with van der Waals surface area (Å²) in [5.41, 5.74) is 0.689. The first kappa shape index (κ1) is 13.8. The van der Waals surface area contributed by atoms with E-state index in [-0.39, 0.29) is 4.32 Å². The second kappa shape index (κ2) is 4.82. The first-order chi connectivity index (χ1) is 8.90. The highest BCUT2D eigenvalue weighted by Gasteiger charge is 2.51. The molecule has 1 atom stereocenters. The third kappa shape index (κ3) is 2.19. The van der Waals surface area contributed by atoms with E-state index in [9.17, 15) is 9.59 Å². The minimum absolute atomic E-state index is 0.0517. The number of carboxylic acid groups (broad SMARTS) is 1. The molecule has 100 valence electrons. The first-order valence-corrected chi connectivity index (χ1v) is 6.57. The molecule has 0 aromatic heterocycles. The van der Waals surface area contributed by atoms with Gasteiger partial charge in [-0.15, -0.1) is 0 Å². The molecule has 1 unspecified atom stereocenters. The van der Waals surface area contributed by atoms with Crippen LogP contribution in [0.25, 0.3) is 0 Å². The number of rotatable bonds is 2. The molecule has 0 aliphatic carbocycles. The molecule has 1 N–H and O–H groups in total. The molecule has 1 fully saturated rings. The van der Waals surface area contributed by atoms with Gasteiger partial charge in [-0.25, -0.2) is 4.79 Å². The topological polar surface area (TPSA) is 66.8 Å². The van der Waals surface area contributed by atoms with Crippen molar-refractivity contribution in [2.45, 2.75) is 11.7 Å². The molecule has 19 heavy (non-hydrogen) atoms. The van der Waals surface area contributed by atoms with Crippen LogP contribution in [0.4, 0.5) is 4.79 Å². The van der Waals surface area contributed by atoms with Gasteiger partial charge in [0.25, 0.3) is 5.91 Å². The average molecular weight is 297 g/mol. The Morgan fingerprint density at radius 1 is 1.42 bits per heavy atom. The van der Waals surface area contributed by atoms with Gasteiger partial charge in [0.2, 0.25) is 0 Å². The van der Waals surface area contributed by atoms with Gasteiger partial charge in [0.05, 0.1) is 7.11 Å². The van der Waals surface area contributed by atoms with Gasteiger partial charge in [-0.2, -0.15) is 4.90 Å². The van der Waals surface area contributed by atoms with Gasteiger partial charge < -0.3 is 9.84 Å². The number of carbonyl (C=O) groups excluding carboxylic acids is 1. The molecule has 1 saturated heterocycles. The van der Waals surface area contributed by atoms with E-state index in [0.717, 1.165) is 11.8 Å². The summed E-state index contributed by atoms with van der Waals surface area (Å²) in [6.07, 6.45) is -1.35. The number of carbonyl (C=O) groups is 2. The minimum atomic E-state index is -1.35. The lowest BCUT2D eigenvalue weighted by atomic mass is 9.99. The second-order valence-corrected chi connectivity index (χ2v) is 6.11. The highest BCUT2D eigenvalue weighted by molar-refractivity contribution is 8.24. The van der Waals surface area contributed by atoms with Crippen LogP contribution in [-0.2, 0) is 9.54 Å². The number of thiocarbonyl (C=S) groups is 1. The summed E-state index contributed by atoms with van der Waals surface area (Å²) in [6, 6.07) is 6.91. The molecule has 0 radical (unpaired) electrons. The quantitative estimate of drug-likeness (QED) is 0.846. The summed E-state index contributed by atoms with van der Waals surface area (Å²) in [4.78, 5) is 23.9. The van der Waals surface area contributed by atoms with Crippen molar-refractivity contribution >= 4 is 40.3 Å². The molecule has 5 nitrogen and oxygen atoms in total. The van der Waals surface area contributed by atoms with E-state index < -0.39 is 16.7 Å². The van der Waals surface area contributed by atoms with Crippen LogP contribution < -0.4 is 4.74 Å². The summed E-state index contributed by atoms with van der Waals surface area (Å²) < 4.78 is 4.09. The zero-order valence-corrected chi connectivity index (χ0v) is 11.9. The van der Waals surface area contributed by atoms with Crippen LogP contribution in [-0.4, -0.2) is 33.4 Å². The van der Waals surface area contributed by atoms with Crippen LogP contribution in [0.1, 0.15) is 12.5 Å². The zero-order chi connectivity index (χ0) is 14.2. The summed E-state index contributed by atoms with van der Waals surface area (Å²) in [5, 5.41) is 9.00. The number of hydrogen-bond acceptors (Lipinski definition) is 5. The number of ether oxygens (including phenoxy) is 1. The minimum Gasteiger partial charge on any atom is -0.497 e. The maximum Gasteiger partial charge on any atom is 0.419 e. The molecule has 2 amide bonds. The molecule has 0 saturated carbocycles. The van der Waals surface area contributed by atoms with Gasteiger partial charge in [-0.05, 0) is 24.6 Å². The highest BCUT2D eigenvalue weighted by atomic mass is 32.2. The molecule has 1 heterocycles. The SMILES string of the molecule is COc1ccc(C2(C)SC(=S)N(C(=O)O)C2=O)cc1. The lowest BCUT2D eigenvalue weighted by Crippen LogP contribution is -2.39. The molecule has 1 aromatic rings. The number of benzene rings is 1. The maximum atomic E-state index is 12.2. The van der Waals surface area contributed by atoms with Crippen LogP contribution in [0.5, 0.6) is 5.75 Å². The number of amides is 2. The third-order valence-corrected chi connectivity index (χ3v) is 4.53. The molecule has 1 aliphatic rings. The highest BCUT2D eigenvalue weighted by Crippen LogP contribution is 2.45. The molecule has 1 aromatic carbocycles. The van der Waals surface area contributed by atoms with Crippen LogP contribution in [0.2, 0.25) is 0 Å². The smallest absolute Gasteiger partial charge is 0.419 e. The van der Waals surface area contributed by atoms with Crippen molar-refractivity contribution in [3.05, 3.63) is 29.8 Å². The Bertz CT molecular complexity index is 557. The first-order valence-electron chi connectivity index (χ1n) is 5.35. The fourth-order valence-electron chi connectivity index (χ4n) is 1.82. The third-order valence-electron chi connectivity index (χ3n) is 2.92. The number of methoxy groups -OCH3 is 1. The van der Waals surface area contributed by atoms with Crippen molar-refractivity contribution in [2.75, 3.05) is 7.11 Å². The monoisotopic (exact) mass is 297 g/mol. The Balaban J connectivity index is 2.40. The fourth-order valence-corrected chi connectivity index (χ4v) is 3.51. The van der Waals surface area contributed by atoms with Crippen molar-refractivity contribution in [1.82, 2.24) is 4.90 Å². The van der Waals surface area contributed by atoms with E-state index >= 15 is 0 Å². The molecule has 1 aliphatic heterocycles.